The minimum atomic E-state index is -4.56. The molecule has 5 nitrogen and oxygen atoms in total. The number of alkyl halides is 3. The molecule has 1 amide bonds. The molecule has 3 N–H and O–H groups in total. The molecular formula is C31H37F3N4O. The average molecular weight is 539 g/mol. The van der Waals surface area contributed by atoms with Gasteiger partial charge < -0.3 is 16.0 Å². The van der Waals surface area contributed by atoms with E-state index in [-0.39, 0.29) is 16.8 Å². The van der Waals surface area contributed by atoms with Gasteiger partial charge in [-0.3, -0.25) is 9.79 Å². The minimum absolute atomic E-state index is 0.0420. The lowest BCUT2D eigenvalue weighted by atomic mass is 10.0. The van der Waals surface area contributed by atoms with Crippen molar-refractivity contribution in [2.45, 2.75) is 39.8 Å². The van der Waals surface area contributed by atoms with Crippen LogP contribution in [0.2, 0.25) is 0 Å². The number of nitrogens with one attached hydrogen (secondary N) is 3. The summed E-state index contributed by atoms with van der Waals surface area (Å²) in [7, 11) is 1.48. The molecule has 2 aromatic carbocycles. The van der Waals surface area contributed by atoms with Gasteiger partial charge in [-0.25, -0.2) is 0 Å². The summed E-state index contributed by atoms with van der Waals surface area (Å²) in [6, 6.07) is 13.1. The second kappa shape index (κ2) is 16.1. The Hall–Kier alpha value is -3.91. The predicted octanol–water partition coefficient (Wildman–Crippen LogP) is 7.45. The van der Waals surface area contributed by atoms with Crippen molar-refractivity contribution in [3.05, 3.63) is 101 Å². The Labute approximate surface area is 229 Å². The quantitative estimate of drug-likeness (QED) is 0.107. The number of likely N-dealkylation sites (N-methyl/N-ethyl adjacent to an activating group) is 1. The maximum Gasteiger partial charge on any atom is 0.417 e. The summed E-state index contributed by atoms with van der Waals surface area (Å²) in [4.78, 5) is 16.9. The van der Waals surface area contributed by atoms with Gasteiger partial charge in [0.15, 0.2) is 0 Å². The fourth-order valence-corrected chi connectivity index (χ4v) is 3.62. The summed E-state index contributed by atoms with van der Waals surface area (Å²) in [6.07, 6.45) is 7.66. The zero-order chi connectivity index (χ0) is 28.7. The van der Waals surface area contributed by atoms with Crippen LogP contribution in [0.1, 0.15) is 44.7 Å². The molecule has 0 atom stereocenters. The van der Waals surface area contributed by atoms with Crippen LogP contribution in [0.15, 0.2) is 95.2 Å². The van der Waals surface area contributed by atoms with E-state index < -0.39 is 17.6 Å². The highest BCUT2D eigenvalue weighted by atomic mass is 19.4. The monoisotopic (exact) mass is 538 g/mol. The number of benzene rings is 2. The number of aliphatic imine (C=N–C) groups is 1. The molecule has 39 heavy (non-hydrogen) atoms. The molecule has 208 valence electrons. The number of carbonyl (C=O) groups excluding carboxylic acids is 1. The minimum Gasteiger partial charge on any atom is -0.361 e. The molecule has 0 saturated carbocycles. The van der Waals surface area contributed by atoms with Crippen LogP contribution in [0.25, 0.3) is 6.08 Å². The Kier molecular flexibility index (Phi) is 13.0. The van der Waals surface area contributed by atoms with Crippen molar-refractivity contribution >= 4 is 29.1 Å². The number of carbonyl (C=O) groups is 1. The van der Waals surface area contributed by atoms with Crippen LogP contribution in [0.4, 0.5) is 24.5 Å². The highest BCUT2D eigenvalue weighted by Crippen LogP contribution is 2.34. The molecule has 0 radical (unpaired) electrons. The van der Waals surface area contributed by atoms with Crippen molar-refractivity contribution in [2.24, 2.45) is 4.99 Å². The van der Waals surface area contributed by atoms with Crippen molar-refractivity contribution in [1.29, 1.82) is 0 Å². The lowest BCUT2D eigenvalue weighted by Gasteiger charge is -2.13. The summed E-state index contributed by atoms with van der Waals surface area (Å²) in [6.45, 7) is 7.20. The van der Waals surface area contributed by atoms with Crippen LogP contribution >= 0.6 is 0 Å². The molecule has 8 heteroatoms. The van der Waals surface area contributed by atoms with Gasteiger partial charge in [-0.15, -0.1) is 0 Å². The molecule has 0 aliphatic carbocycles. The topological polar surface area (TPSA) is 65.5 Å². The Morgan fingerprint density at radius 1 is 1.10 bits per heavy atom. The van der Waals surface area contributed by atoms with E-state index in [4.69, 9.17) is 0 Å². The first-order valence-corrected chi connectivity index (χ1v) is 12.9. The molecule has 0 aliphatic heterocycles. The lowest BCUT2D eigenvalue weighted by Crippen LogP contribution is -2.24. The molecule has 0 aromatic heterocycles. The number of halogens is 3. The molecule has 0 spiro atoms. The Morgan fingerprint density at radius 3 is 2.49 bits per heavy atom. The van der Waals surface area contributed by atoms with Crippen molar-refractivity contribution in [1.82, 2.24) is 10.6 Å². The first kappa shape index (κ1) is 31.3. The summed E-state index contributed by atoms with van der Waals surface area (Å²) >= 11 is 0. The zero-order valence-electron chi connectivity index (χ0n) is 22.9. The third-order valence-corrected chi connectivity index (χ3v) is 5.66. The smallest absolute Gasteiger partial charge is 0.361 e. The molecule has 0 fully saturated rings. The summed E-state index contributed by atoms with van der Waals surface area (Å²) in [5.74, 6) is -0.414. The van der Waals surface area contributed by atoms with Crippen LogP contribution in [0.3, 0.4) is 0 Å². The van der Waals surface area contributed by atoms with Gasteiger partial charge in [-0.05, 0) is 62.2 Å². The molecule has 0 bridgehead atoms. The number of unbranched alkanes of at least 4 members (excludes halogenated alkanes) is 1. The molecule has 2 rings (SSSR count). The first-order chi connectivity index (χ1) is 18.7. The van der Waals surface area contributed by atoms with Gasteiger partial charge in [0.25, 0.3) is 5.91 Å². The zero-order valence-corrected chi connectivity index (χ0v) is 22.9. The Morgan fingerprint density at radius 2 is 1.85 bits per heavy atom. The van der Waals surface area contributed by atoms with Gasteiger partial charge in [0.05, 0.1) is 22.5 Å². The normalized spacial score (nSPS) is 13.4. The maximum atomic E-state index is 13.9. The number of rotatable bonds is 13. The maximum absolute atomic E-state index is 13.9. The number of para-hydroxylation sites is 1. The van der Waals surface area contributed by atoms with Gasteiger partial charge in [-0.1, -0.05) is 68.0 Å². The van der Waals surface area contributed by atoms with Gasteiger partial charge in [0, 0.05) is 25.5 Å². The molecule has 0 aliphatic rings. The lowest BCUT2D eigenvalue weighted by molar-refractivity contribution is -0.137. The van der Waals surface area contributed by atoms with Crippen molar-refractivity contribution in [3.8, 4) is 0 Å². The SMILES string of the molecule is C\C=C/C(=C\C=C\c1ccc(N/C=C(/C(=O)NC)C(C)=Nc2ccccc2)cc1C(F)(F)F)CNCCCC. The number of nitrogens with zero attached hydrogens (tertiary/aromatic N) is 1. The Bertz CT molecular complexity index is 1230. The van der Waals surface area contributed by atoms with E-state index in [0.717, 1.165) is 31.0 Å². The van der Waals surface area contributed by atoms with E-state index in [1.54, 1.807) is 37.3 Å². The number of amides is 1. The van der Waals surface area contributed by atoms with Gasteiger partial charge in [0.1, 0.15) is 0 Å². The number of allylic oxidation sites excluding steroid dienone is 3. The second-order valence-electron chi connectivity index (χ2n) is 8.75. The van der Waals surface area contributed by atoms with Crippen LogP contribution in [0, 0.1) is 0 Å². The summed E-state index contributed by atoms with van der Waals surface area (Å²) in [5.41, 5.74) is 1.69. The van der Waals surface area contributed by atoms with Crippen molar-refractivity contribution in [3.63, 3.8) is 0 Å². The Balaban J connectivity index is 2.32. The standard InChI is InChI=1S/C31H37F3N4O/c1-5-7-19-36-21-24(12-6-2)13-11-14-25-17-18-27(20-29(25)31(32,33)34)37-22-28(30(39)35-4)23(3)38-26-15-9-8-10-16-26/h6,8-18,20,22,36-37H,5,7,19,21H2,1-4H3,(H,35,39)/b12-6-,14-11+,24-13+,28-22+,38-23?. The first-order valence-electron chi connectivity index (χ1n) is 12.9. The fraction of sp³-hybridized carbons (Fsp3) is 0.290. The van der Waals surface area contributed by atoms with E-state index >= 15 is 0 Å². The largest absolute Gasteiger partial charge is 0.417 e. The third kappa shape index (κ3) is 10.8. The van der Waals surface area contributed by atoms with E-state index in [1.165, 1.54) is 25.4 Å². The van der Waals surface area contributed by atoms with E-state index in [9.17, 15) is 18.0 Å². The number of anilines is 1. The van der Waals surface area contributed by atoms with Crippen LogP contribution in [0.5, 0.6) is 0 Å². The second-order valence-corrected chi connectivity index (χ2v) is 8.75. The van der Waals surface area contributed by atoms with Crippen molar-refractivity contribution in [2.75, 3.05) is 25.5 Å². The van der Waals surface area contributed by atoms with Gasteiger partial charge in [-0.2, -0.15) is 13.2 Å². The van der Waals surface area contributed by atoms with Gasteiger partial charge >= 0.3 is 6.18 Å². The highest BCUT2D eigenvalue weighted by molar-refractivity contribution is 6.21. The molecule has 0 unspecified atom stereocenters. The van der Waals surface area contributed by atoms with Crippen LogP contribution < -0.4 is 16.0 Å². The molecule has 0 saturated heterocycles. The average Bonchev–Trinajstić information content (AvgIpc) is 2.91. The molecular weight excluding hydrogens is 501 g/mol. The third-order valence-electron chi connectivity index (χ3n) is 5.66. The highest BCUT2D eigenvalue weighted by Gasteiger charge is 2.33. The van der Waals surface area contributed by atoms with E-state index in [1.807, 2.05) is 37.3 Å². The van der Waals surface area contributed by atoms with Gasteiger partial charge in [0.2, 0.25) is 0 Å². The summed E-state index contributed by atoms with van der Waals surface area (Å²) in [5, 5.41) is 8.71. The van der Waals surface area contributed by atoms with E-state index in [0.29, 0.717) is 17.9 Å². The van der Waals surface area contributed by atoms with Crippen molar-refractivity contribution < 1.29 is 18.0 Å². The predicted molar refractivity (Wildman–Crippen MR) is 156 cm³/mol. The molecule has 0 heterocycles. The molecule has 2 aromatic rings. The summed E-state index contributed by atoms with van der Waals surface area (Å²) < 4.78 is 41.8. The van der Waals surface area contributed by atoms with Crippen LogP contribution in [-0.4, -0.2) is 31.8 Å². The number of hydrogen-bond donors (Lipinski definition) is 3. The van der Waals surface area contributed by atoms with E-state index in [2.05, 4.69) is 27.9 Å². The number of hydrogen-bond acceptors (Lipinski definition) is 4. The van der Waals surface area contributed by atoms with Crippen LogP contribution in [-0.2, 0) is 11.0 Å². The fourth-order valence-electron chi connectivity index (χ4n) is 3.62.